The van der Waals surface area contributed by atoms with Crippen LogP contribution in [-0.4, -0.2) is 13.6 Å². The van der Waals surface area contributed by atoms with Crippen molar-refractivity contribution in [2.24, 2.45) is 0 Å². The van der Waals surface area contributed by atoms with Gasteiger partial charge in [0.2, 0.25) is 0 Å². The van der Waals surface area contributed by atoms with Crippen molar-refractivity contribution in [2.45, 2.75) is 0 Å². The molecular formula is C25H20AsN. The molecule has 0 atom stereocenters. The predicted octanol–water partition coefficient (Wildman–Crippen LogP) is 3.16. The molecule has 0 aliphatic heterocycles. The molecule has 0 saturated carbocycles. The fourth-order valence-electron chi connectivity index (χ4n) is 3.50. The van der Waals surface area contributed by atoms with Crippen LogP contribution in [0.1, 0.15) is 0 Å². The molecule has 1 nitrogen and oxygen atoms in total. The summed E-state index contributed by atoms with van der Waals surface area (Å²) in [6.07, 6.45) is 0. The average molecular weight is 409 g/mol. The Morgan fingerprint density at radius 1 is 0.370 bits per heavy atom. The first-order chi connectivity index (χ1) is 13.4. The van der Waals surface area contributed by atoms with E-state index in [0.717, 1.165) is 0 Å². The Morgan fingerprint density at radius 3 is 0.741 bits per heavy atom. The first-order valence-corrected chi connectivity index (χ1v) is 12.5. The Morgan fingerprint density at radius 2 is 0.556 bits per heavy atom. The second-order valence-electron chi connectivity index (χ2n) is 6.01. The molecule has 0 radical (unpaired) electrons. The van der Waals surface area contributed by atoms with Gasteiger partial charge in [0.05, 0.1) is 0 Å². The van der Waals surface area contributed by atoms with Gasteiger partial charge in [-0.05, 0) is 0 Å². The van der Waals surface area contributed by atoms with Crippen molar-refractivity contribution >= 4 is 31.0 Å². The number of rotatable bonds is 4. The van der Waals surface area contributed by atoms with Crippen molar-refractivity contribution in [1.29, 1.82) is 5.26 Å². The number of hydrogen-bond donors (Lipinski definition) is 0. The predicted molar refractivity (Wildman–Crippen MR) is 115 cm³/mol. The SMILES string of the molecule is [C-]#N.c1ccc([As+](c2ccccc2)(c2ccccc2)c2ccccc2)cc1. The molecule has 2 heteroatoms. The molecule has 0 aliphatic carbocycles. The van der Waals surface area contributed by atoms with Crippen LogP contribution in [0.15, 0.2) is 121 Å². The van der Waals surface area contributed by atoms with Gasteiger partial charge in [-0.2, -0.15) is 0 Å². The van der Waals surface area contributed by atoms with Gasteiger partial charge in [-0.15, -0.1) is 0 Å². The maximum absolute atomic E-state index is 6.25. The fraction of sp³-hybridized carbons (Fsp3) is 0. The van der Waals surface area contributed by atoms with Gasteiger partial charge in [-0.1, -0.05) is 0 Å². The van der Waals surface area contributed by atoms with E-state index in [2.05, 4.69) is 121 Å². The van der Waals surface area contributed by atoms with Crippen LogP contribution in [-0.2, 0) is 0 Å². The molecule has 0 bridgehead atoms. The normalized spacial score (nSPS) is 10.4. The molecule has 130 valence electrons. The molecule has 0 unspecified atom stereocenters. The third-order valence-electron chi connectivity index (χ3n) is 4.57. The van der Waals surface area contributed by atoms with Crippen molar-refractivity contribution in [1.82, 2.24) is 0 Å². The van der Waals surface area contributed by atoms with E-state index in [0.29, 0.717) is 0 Å². The van der Waals surface area contributed by atoms with Gasteiger partial charge >= 0.3 is 152 Å². The number of hydrogen-bond acceptors (Lipinski definition) is 1. The van der Waals surface area contributed by atoms with Crippen molar-refractivity contribution in [3.63, 3.8) is 0 Å². The van der Waals surface area contributed by atoms with Gasteiger partial charge in [-0.25, -0.2) is 0 Å². The van der Waals surface area contributed by atoms with E-state index in [1.54, 1.807) is 0 Å². The summed E-state index contributed by atoms with van der Waals surface area (Å²) >= 11 is -2.77. The van der Waals surface area contributed by atoms with Crippen LogP contribution < -0.4 is 17.4 Å². The molecule has 4 rings (SSSR count). The molecule has 0 heterocycles. The first kappa shape index (κ1) is 18.7. The summed E-state index contributed by atoms with van der Waals surface area (Å²) in [7, 11) is 0. The summed E-state index contributed by atoms with van der Waals surface area (Å²) < 4.78 is 5.79. The molecule has 0 amide bonds. The second-order valence-corrected chi connectivity index (χ2v) is 13.2. The number of benzene rings is 4. The summed E-state index contributed by atoms with van der Waals surface area (Å²) in [6.45, 7) is 4.75. The van der Waals surface area contributed by atoms with Crippen molar-refractivity contribution < 1.29 is 0 Å². The summed E-state index contributed by atoms with van der Waals surface area (Å²) in [5.41, 5.74) is 0. The zero-order valence-corrected chi connectivity index (χ0v) is 16.8. The van der Waals surface area contributed by atoms with Crippen molar-refractivity contribution in [3.8, 4) is 0 Å². The van der Waals surface area contributed by atoms with Gasteiger partial charge in [0, 0.05) is 0 Å². The van der Waals surface area contributed by atoms with Gasteiger partial charge in [-0.3, -0.25) is 0 Å². The van der Waals surface area contributed by atoms with E-state index in [9.17, 15) is 0 Å². The van der Waals surface area contributed by atoms with Crippen LogP contribution >= 0.6 is 0 Å². The Kier molecular flexibility index (Phi) is 6.26. The fourth-order valence-corrected chi connectivity index (χ4v) is 12.5. The topological polar surface area (TPSA) is 23.8 Å². The molecule has 0 aromatic heterocycles. The van der Waals surface area contributed by atoms with Crippen LogP contribution in [0, 0.1) is 11.8 Å². The quantitative estimate of drug-likeness (QED) is 0.375. The van der Waals surface area contributed by atoms with Crippen LogP contribution in [0.2, 0.25) is 0 Å². The monoisotopic (exact) mass is 409 g/mol. The maximum atomic E-state index is 6.25. The van der Waals surface area contributed by atoms with Gasteiger partial charge < -0.3 is 11.8 Å². The molecular weight excluding hydrogens is 389 g/mol. The van der Waals surface area contributed by atoms with E-state index in [1.165, 1.54) is 17.4 Å². The van der Waals surface area contributed by atoms with E-state index in [4.69, 9.17) is 11.8 Å². The molecule has 0 saturated heterocycles. The Bertz CT molecular complexity index is 801. The zero-order valence-electron chi connectivity index (χ0n) is 14.9. The molecule has 0 fully saturated rings. The first-order valence-electron chi connectivity index (χ1n) is 8.76. The minimum atomic E-state index is -2.77. The van der Waals surface area contributed by atoms with Crippen LogP contribution in [0.25, 0.3) is 0 Å². The molecule has 4 aromatic rings. The van der Waals surface area contributed by atoms with E-state index >= 15 is 0 Å². The summed E-state index contributed by atoms with van der Waals surface area (Å²) in [5, 5.41) is 6.25. The van der Waals surface area contributed by atoms with E-state index in [-0.39, 0.29) is 0 Å². The Hall–Kier alpha value is -3.07. The van der Waals surface area contributed by atoms with Crippen LogP contribution in [0.5, 0.6) is 0 Å². The third kappa shape index (κ3) is 3.58. The Labute approximate surface area is 164 Å². The number of nitrogens with zero attached hydrogens (tertiary/aromatic N) is 1. The van der Waals surface area contributed by atoms with Crippen LogP contribution in [0.3, 0.4) is 0 Å². The molecule has 4 aromatic carbocycles. The minimum absolute atomic E-state index is 1.45. The summed E-state index contributed by atoms with van der Waals surface area (Å²) in [4.78, 5) is 0. The Balaban J connectivity index is 0.00000102. The molecule has 0 N–H and O–H groups in total. The molecule has 0 spiro atoms. The van der Waals surface area contributed by atoms with Gasteiger partial charge in [0.25, 0.3) is 0 Å². The second kappa shape index (κ2) is 9.04. The van der Waals surface area contributed by atoms with Gasteiger partial charge in [0.15, 0.2) is 0 Å². The average Bonchev–Trinajstić information content (AvgIpc) is 2.79. The standard InChI is InChI=1S/C24H20As.CN/c1-5-13-21(14-6-1)25(22-15-7-2-8-16-22,23-17-9-3-10-18-23)24-19-11-4-12-20-24;1-2/h1-20H;/q+1;-1. The van der Waals surface area contributed by atoms with Crippen molar-refractivity contribution in [2.75, 3.05) is 0 Å². The third-order valence-corrected chi connectivity index (χ3v) is 13.6. The van der Waals surface area contributed by atoms with E-state index in [1.807, 2.05) is 0 Å². The van der Waals surface area contributed by atoms with E-state index < -0.39 is 13.6 Å². The molecule has 0 aliphatic rings. The summed E-state index contributed by atoms with van der Waals surface area (Å²) in [6, 6.07) is 44.2. The van der Waals surface area contributed by atoms with Crippen molar-refractivity contribution in [3.05, 3.63) is 128 Å². The summed E-state index contributed by atoms with van der Waals surface area (Å²) in [5.74, 6) is 0. The van der Waals surface area contributed by atoms with Crippen LogP contribution in [0.4, 0.5) is 0 Å². The zero-order chi connectivity index (χ0) is 19.0. The van der Waals surface area contributed by atoms with Gasteiger partial charge in [0.1, 0.15) is 0 Å². The molecule has 27 heavy (non-hydrogen) atoms.